The molecule has 1 heterocycles. The number of esters is 2. The minimum Gasteiger partial charge on any atom is -0.458 e. The lowest BCUT2D eigenvalue weighted by Crippen LogP contribution is -2.14. The summed E-state index contributed by atoms with van der Waals surface area (Å²) < 4.78 is 11.8. The van der Waals surface area contributed by atoms with E-state index in [1.54, 1.807) is 35.9 Å². The Bertz CT molecular complexity index is 955. The molecule has 0 spiro atoms. The van der Waals surface area contributed by atoms with Crippen molar-refractivity contribution in [3.8, 4) is 0 Å². The Balaban J connectivity index is 1.55. The Labute approximate surface area is 167 Å². The molecule has 0 aliphatic rings. The molecule has 0 bridgehead atoms. The van der Waals surface area contributed by atoms with Gasteiger partial charge < -0.3 is 9.47 Å². The lowest BCUT2D eigenvalue weighted by Gasteiger charge is -2.07. The quantitative estimate of drug-likeness (QED) is 0.446. The van der Waals surface area contributed by atoms with Crippen LogP contribution in [-0.4, -0.2) is 34.9 Å². The highest BCUT2D eigenvalue weighted by atomic mass is 35.5. The molecular weight excluding hydrogens is 380 g/mol. The number of aromatic nitrogens is 2. The van der Waals surface area contributed by atoms with E-state index >= 15 is 0 Å². The number of carbonyl (C=O) groups is 2. The normalized spacial score (nSPS) is 10.5. The molecule has 3 aromatic rings. The van der Waals surface area contributed by atoms with E-state index in [9.17, 15) is 9.59 Å². The van der Waals surface area contributed by atoms with Gasteiger partial charge in [-0.15, -0.1) is 0 Å². The first-order valence-corrected chi connectivity index (χ1v) is 9.10. The number of nitrogens with zero attached hydrogens (tertiary/aromatic N) is 2. The molecule has 1 aromatic heterocycles. The van der Waals surface area contributed by atoms with Gasteiger partial charge in [-0.25, -0.2) is 14.3 Å². The number of hydrogen-bond acceptors (Lipinski definition) is 5. The number of carbonyl (C=O) groups excluding carboxylic acids is 2. The molecular formula is C21H19ClN2O4. The van der Waals surface area contributed by atoms with Gasteiger partial charge in [-0.05, 0) is 24.6 Å². The molecule has 0 atom stereocenters. The first kappa shape index (κ1) is 19.6. The summed E-state index contributed by atoms with van der Waals surface area (Å²) in [5.41, 5.74) is 2.15. The van der Waals surface area contributed by atoms with Gasteiger partial charge in [0, 0.05) is 0 Å². The van der Waals surface area contributed by atoms with E-state index in [4.69, 9.17) is 21.1 Å². The fourth-order valence-corrected chi connectivity index (χ4v) is 2.96. The summed E-state index contributed by atoms with van der Waals surface area (Å²) in [4.78, 5) is 24.2. The van der Waals surface area contributed by atoms with E-state index < -0.39 is 11.9 Å². The van der Waals surface area contributed by atoms with E-state index in [0.29, 0.717) is 17.8 Å². The fraction of sp³-hybridized carbons (Fsp3) is 0.190. The van der Waals surface area contributed by atoms with Gasteiger partial charge in [-0.2, -0.15) is 5.10 Å². The van der Waals surface area contributed by atoms with E-state index in [-0.39, 0.29) is 23.9 Å². The Kier molecular flexibility index (Phi) is 6.45. The topological polar surface area (TPSA) is 70.4 Å². The van der Waals surface area contributed by atoms with Crippen LogP contribution >= 0.6 is 11.6 Å². The Morgan fingerprint density at radius 3 is 2.14 bits per heavy atom. The molecule has 0 aliphatic carbocycles. The lowest BCUT2D eigenvalue weighted by molar-refractivity contribution is 0.0265. The van der Waals surface area contributed by atoms with Crippen LogP contribution in [0.4, 0.5) is 0 Å². The highest BCUT2D eigenvalue weighted by molar-refractivity contribution is 6.32. The Morgan fingerprint density at radius 2 is 1.50 bits per heavy atom. The second-order valence-corrected chi connectivity index (χ2v) is 6.39. The van der Waals surface area contributed by atoms with Gasteiger partial charge in [0.1, 0.15) is 23.9 Å². The number of rotatable bonds is 7. The molecule has 0 radical (unpaired) electrons. The van der Waals surface area contributed by atoms with E-state index in [0.717, 1.165) is 5.56 Å². The number of aryl methyl sites for hydroxylation is 1. The van der Waals surface area contributed by atoms with Crippen molar-refractivity contribution in [1.82, 2.24) is 9.78 Å². The second kappa shape index (κ2) is 9.19. The second-order valence-electron chi connectivity index (χ2n) is 6.03. The molecule has 144 valence electrons. The molecule has 3 rings (SSSR count). The van der Waals surface area contributed by atoms with Crippen LogP contribution in [0.2, 0.25) is 5.15 Å². The van der Waals surface area contributed by atoms with Crippen molar-refractivity contribution >= 4 is 23.5 Å². The average Bonchev–Trinajstić information content (AvgIpc) is 2.99. The summed E-state index contributed by atoms with van der Waals surface area (Å²) in [5, 5.41) is 4.54. The Hall–Kier alpha value is -3.12. The molecule has 28 heavy (non-hydrogen) atoms. The van der Waals surface area contributed by atoms with Gasteiger partial charge in [0.05, 0.1) is 17.8 Å². The number of benzene rings is 2. The van der Waals surface area contributed by atoms with Crippen molar-refractivity contribution in [3.05, 3.63) is 88.2 Å². The van der Waals surface area contributed by atoms with Crippen LogP contribution in [0.3, 0.4) is 0 Å². The van der Waals surface area contributed by atoms with Gasteiger partial charge >= 0.3 is 11.9 Å². The van der Waals surface area contributed by atoms with Gasteiger partial charge in [-0.1, -0.05) is 60.1 Å². The maximum absolute atomic E-state index is 12.4. The van der Waals surface area contributed by atoms with E-state index in [1.165, 1.54) is 0 Å². The van der Waals surface area contributed by atoms with Gasteiger partial charge in [0.15, 0.2) is 0 Å². The van der Waals surface area contributed by atoms with Crippen LogP contribution in [0.5, 0.6) is 0 Å². The van der Waals surface area contributed by atoms with Gasteiger partial charge in [0.25, 0.3) is 0 Å². The SMILES string of the molecule is Cc1nn(Cc2ccccc2)c(Cl)c1C(=O)OCCOC(=O)c1ccccc1. The zero-order valence-electron chi connectivity index (χ0n) is 15.3. The minimum atomic E-state index is -0.599. The van der Waals surface area contributed by atoms with Crippen molar-refractivity contribution < 1.29 is 19.1 Å². The Morgan fingerprint density at radius 1 is 0.929 bits per heavy atom. The third kappa shape index (κ3) is 4.78. The van der Waals surface area contributed by atoms with E-state index in [2.05, 4.69) is 5.10 Å². The molecule has 0 aliphatic heterocycles. The van der Waals surface area contributed by atoms with Crippen molar-refractivity contribution in [2.24, 2.45) is 0 Å². The summed E-state index contributed by atoms with van der Waals surface area (Å²) in [6, 6.07) is 18.3. The zero-order chi connectivity index (χ0) is 19.9. The van der Waals surface area contributed by atoms with Crippen LogP contribution in [-0.2, 0) is 16.0 Å². The third-order valence-corrected chi connectivity index (χ3v) is 4.39. The number of hydrogen-bond donors (Lipinski definition) is 0. The number of ether oxygens (including phenoxy) is 2. The van der Waals surface area contributed by atoms with Crippen molar-refractivity contribution in [2.75, 3.05) is 13.2 Å². The molecule has 0 saturated carbocycles. The lowest BCUT2D eigenvalue weighted by atomic mass is 10.2. The summed E-state index contributed by atoms with van der Waals surface area (Å²) in [6.07, 6.45) is 0. The van der Waals surface area contributed by atoms with Crippen LogP contribution in [0.1, 0.15) is 32.0 Å². The van der Waals surface area contributed by atoms with Crippen LogP contribution in [0.15, 0.2) is 60.7 Å². The summed E-state index contributed by atoms with van der Waals surface area (Å²) in [7, 11) is 0. The molecule has 0 amide bonds. The molecule has 7 heteroatoms. The fourth-order valence-electron chi connectivity index (χ4n) is 2.64. The smallest absolute Gasteiger partial charge is 0.343 e. The first-order chi connectivity index (χ1) is 13.6. The predicted octanol–water partition coefficient (Wildman–Crippen LogP) is 3.91. The molecule has 0 saturated heterocycles. The van der Waals surface area contributed by atoms with Gasteiger partial charge in [0.2, 0.25) is 0 Å². The van der Waals surface area contributed by atoms with Crippen LogP contribution in [0, 0.1) is 6.92 Å². The van der Waals surface area contributed by atoms with Crippen molar-refractivity contribution in [2.45, 2.75) is 13.5 Å². The molecule has 0 fully saturated rings. The number of halogens is 1. The van der Waals surface area contributed by atoms with Crippen LogP contribution in [0.25, 0.3) is 0 Å². The maximum Gasteiger partial charge on any atom is 0.343 e. The van der Waals surface area contributed by atoms with Crippen molar-refractivity contribution in [1.29, 1.82) is 0 Å². The van der Waals surface area contributed by atoms with Gasteiger partial charge in [-0.3, -0.25) is 0 Å². The minimum absolute atomic E-state index is 0.0473. The predicted molar refractivity (Wildman–Crippen MR) is 105 cm³/mol. The molecule has 6 nitrogen and oxygen atoms in total. The summed E-state index contributed by atoms with van der Waals surface area (Å²) in [5.74, 6) is -1.07. The molecule has 2 aromatic carbocycles. The largest absolute Gasteiger partial charge is 0.458 e. The van der Waals surface area contributed by atoms with Crippen molar-refractivity contribution in [3.63, 3.8) is 0 Å². The highest BCUT2D eigenvalue weighted by Crippen LogP contribution is 2.22. The monoisotopic (exact) mass is 398 g/mol. The van der Waals surface area contributed by atoms with E-state index in [1.807, 2.05) is 36.4 Å². The maximum atomic E-state index is 12.4. The standard InChI is InChI=1S/C21H19ClN2O4/c1-15-18(19(22)24(23-15)14-16-8-4-2-5-9-16)21(26)28-13-12-27-20(25)17-10-6-3-7-11-17/h2-11H,12-14H2,1H3. The molecule has 0 N–H and O–H groups in total. The molecule has 0 unspecified atom stereocenters. The third-order valence-electron chi connectivity index (χ3n) is 4.00. The first-order valence-electron chi connectivity index (χ1n) is 8.72. The highest BCUT2D eigenvalue weighted by Gasteiger charge is 2.22. The van der Waals surface area contributed by atoms with Crippen LogP contribution < -0.4 is 0 Å². The average molecular weight is 399 g/mol. The summed E-state index contributed by atoms with van der Waals surface area (Å²) >= 11 is 6.33. The zero-order valence-corrected chi connectivity index (χ0v) is 16.1. The summed E-state index contributed by atoms with van der Waals surface area (Å²) in [6.45, 7) is 2.02.